The van der Waals surface area contributed by atoms with E-state index in [-0.39, 0.29) is 11.9 Å². The van der Waals surface area contributed by atoms with E-state index in [1.54, 1.807) is 0 Å². The van der Waals surface area contributed by atoms with Gasteiger partial charge in [-0.1, -0.05) is 65.2 Å². The monoisotopic (exact) mass is 310 g/mol. The van der Waals surface area contributed by atoms with Gasteiger partial charge in [0.1, 0.15) is 5.78 Å². The summed E-state index contributed by atoms with van der Waals surface area (Å²) in [5.41, 5.74) is -0.422. The Morgan fingerprint density at radius 3 is 2.05 bits per heavy atom. The second-order valence-electron chi connectivity index (χ2n) is 6.82. The SMILES string of the molecule is CCCCCCC1(CCCCCC)C(=O)CCC1C(=O)OC. The fourth-order valence-corrected chi connectivity index (χ4v) is 3.97. The Kier molecular flexibility index (Phi) is 8.74. The standard InChI is InChI=1S/C19H34O3/c1-4-6-8-10-14-19(15-11-9-7-5-2)16(18(21)22-3)12-13-17(19)20/h16H,4-15H2,1-3H3. The van der Waals surface area contributed by atoms with Gasteiger partial charge in [-0.05, 0) is 19.3 Å². The van der Waals surface area contributed by atoms with E-state index in [0.29, 0.717) is 18.6 Å². The average Bonchev–Trinajstić information content (AvgIpc) is 2.85. The van der Waals surface area contributed by atoms with Crippen LogP contribution in [0.5, 0.6) is 0 Å². The highest BCUT2D eigenvalue weighted by Crippen LogP contribution is 2.48. The summed E-state index contributed by atoms with van der Waals surface area (Å²) in [5, 5.41) is 0. The summed E-state index contributed by atoms with van der Waals surface area (Å²) in [5.74, 6) is -0.0546. The minimum absolute atomic E-state index is 0.170. The lowest BCUT2D eigenvalue weighted by Crippen LogP contribution is -2.37. The number of esters is 1. The predicted octanol–water partition coefficient (Wildman–Crippen LogP) is 5.07. The van der Waals surface area contributed by atoms with Crippen LogP contribution in [-0.2, 0) is 14.3 Å². The molecule has 1 aliphatic carbocycles. The van der Waals surface area contributed by atoms with E-state index in [4.69, 9.17) is 4.74 Å². The van der Waals surface area contributed by atoms with Crippen molar-refractivity contribution >= 4 is 11.8 Å². The molecule has 0 spiro atoms. The van der Waals surface area contributed by atoms with Gasteiger partial charge in [-0.15, -0.1) is 0 Å². The highest BCUT2D eigenvalue weighted by molar-refractivity contribution is 5.93. The molecule has 0 aromatic carbocycles. The van der Waals surface area contributed by atoms with Crippen molar-refractivity contribution in [1.82, 2.24) is 0 Å². The highest BCUT2D eigenvalue weighted by atomic mass is 16.5. The Labute approximate surface area is 136 Å². The molecule has 3 heteroatoms. The molecule has 0 heterocycles. The summed E-state index contributed by atoms with van der Waals surface area (Å²) < 4.78 is 5.00. The van der Waals surface area contributed by atoms with Crippen molar-refractivity contribution in [3.8, 4) is 0 Å². The molecule has 0 radical (unpaired) electrons. The molecule has 22 heavy (non-hydrogen) atoms. The van der Waals surface area contributed by atoms with Crippen LogP contribution >= 0.6 is 0 Å². The molecule has 0 N–H and O–H groups in total. The van der Waals surface area contributed by atoms with Crippen LogP contribution in [-0.4, -0.2) is 18.9 Å². The lowest BCUT2D eigenvalue weighted by atomic mass is 9.69. The van der Waals surface area contributed by atoms with E-state index in [1.165, 1.54) is 32.8 Å². The van der Waals surface area contributed by atoms with Crippen LogP contribution in [0.15, 0.2) is 0 Å². The maximum atomic E-state index is 12.6. The van der Waals surface area contributed by atoms with E-state index in [2.05, 4.69) is 13.8 Å². The Bertz CT molecular complexity index is 337. The molecule has 0 aromatic heterocycles. The van der Waals surface area contributed by atoms with Gasteiger partial charge >= 0.3 is 5.97 Å². The maximum Gasteiger partial charge on any atom is 0.309 e. The number of hydrogen-bond donors (Lipinski definition) is 0. The summed E-state index contributed by atoms with van der Waals surface area (Å²) >= 11 is 0. The molecular formula is C19H34O3. The Morgan fingerprint density at radius 1 is 1.05 bits per heavy atom. The first-order chi connectivity index (χ1) is 10.6. The number of unbranched alkanes of at least 4 members (excludes halogenated alkanes) is 6. The largest absolute Gasteiger partial charge is 0.469 e. The smallest absolute Gasteiger partial charge is 0.309 e. The van der Waals surface area contributed by atoms with Crippen molar-refractivity contribution in [3.05, 3.63) is 0 Å². The molecule has 3 nitrogen and oxygen atoms in total. The number of hydrogen-bond acceptors (Lipinski definition) is 3. The van der Waals surface area contributed by atoms with Crippen molar-refractivity contribution in [3.63, 3.8) is 0 Å². The summed E-state index contributed by atoms with van der Waals surface area (Å²) in [7, 11) is 1.45. The van der Waals surface area contributed by atoms with E-state index in [0.717, 1.165) is 38.5 Å². The van der Waals surface area contributed by atoms with Crippen molar-refractivity contribution in [1.29, 1.82) is 0 Å². The Hall–Kier alpha value is -0.860. The van der Waals surface area contributed by atoms with Crippen LogP contribution < -0.4 is 0 Å². The van der Waals surface area contributed by atoms with Gasteiger partial charge in [0, 0.05) is 11.8 Å². The van der Waals surface area contributed by atoms with Crippen molar-refractivity contribution in [2.24, 2.45) is 11.3 Å². The van der Waals surface area contributed by atoms with Gasteiger partial charge in [0.25, 0.3) is 0 Å². The summed E-state index contributed by atoms with van der Waals surface area (Å²) in [4.78, 5) is 24.8. The zero-order chi connectivity index (χ0) is 16.4. The number of carbonyl (C=O) groups excluding carboxylic acids is 2. The van der Waals surface area contributed by atoms with Gasteiger partial charge in [-0.3, -0.25) is 9.59 Å². The number of ketones is 1. The van der Waals surface area contributed by atoms with Gasteiger partial charge in [0.15, 0.2) is 0 Å². The molecule has 0 bridgehead atoms. The average molecular weight is 310 g/mol. The van der Waals surface area contributed by atoms with Gasteiger partial charge in [-0.25, -0.2) is 0 Å². The van der Waals surface area contributed by atoms with E-state index in [9.17, 15) is 9.59 Å². The first-order valence-electron chi connectivity index (χ1n) is 9.23. The number of ether oxygens (including phenoxy) is 1. The third kappa shape index (κ3) is 4.82. The summed E-state index contributed by atoms with van der Waals surface area (Å²) in [6.45, 7) is 4.39. The minimum Gasteiger partial charge on any atom is -0.469 e. The second kappa shape index (κ2) is 10.0. The number of carbonyl (C=O) groups is 2. The summed E-state index contributed by atoms with van der Waals surface area (Å²) in [6, 6.07) is 0. The zero-order valence-corrected chi connectivity index (χ0v) is 14.8. The minimum atomic E-state index is -0.422. The molecule has 1 fully saturated rings. The lowest BCUT2D eigenvalue weighted by Gasteiger charge is -2.33. The van der Waals surface area contributed by atoms with Gasteiger partial charge in [0.2, 0.25) is 0 Å². The summed E-state index contributed by atoms with van der Waals surface area (Å²) in [6.07, 6.45) is 12.2. The van der Waals surface area contributed by atoms with Crippen LogP contribution in [0.3, 0.4) is 0 Å². The molecule has 1 aliphatic rings. The second-order valence-corrected chi connectivity index (χ2v) is 6.82. The zero-order valence-electron chi connectivity index (χ0n) is 14.8. The number of Topliss-reactive ketones (excluding diaryl/α,β-unsaturated/α-hetero) is 1. The molecular weight excluding hydrogens is 276 g/mol. The fraction of sp³-hybridized carbons (Fsp3) is 0.895. The molecule has 128 valence electrons. The van der Waals surface area contributed by atoms with Gasteiger partial charge in [0.05, 0.1) is 13.0 Å². The Morgan fingerprint density at radius 2 is 1.59 bits per heavy atom. The van der Waals surface area contributed by atoms with Crippen LogP contribution in [0, 0.1) is 11.3 Å². The molecule has 1 atom stereocenters. The van der Waals surface area contributed by atoms with Gasteiger partial charge in [-0.2, -0.15) is 0 Å². The predicted molar refractivity (Wildman–Crippen MR) is 89.7 cm³/mol. The van der Waals surface area contributed by atoms with Crippen LogP contribution in [0.4, 0.5) is 0 Å². The Balaban J connectivity index is 2.77. The maximum absolute atomic E-state index is 12.6. The third-order valence-corrected chi connectivity index (χ3v) is 5.32. The topological polar surface area (TPSA) is 43.4 Å². The van der Waals surface area contributed by atoms with E-state index < -0.39 is 5.41 Å². The number of rotatable bonds is 11. The quantitative estimate of drug-likeness (QED) is 0.395. The molecule has 0 aromatic rings. The molecule has 0 amide bonds. The third-order valence-electron chi connectivity index (χ3n) is 5.32. The molecule has 1 rings (SSSR count). The fourth-order valence-electron chi connectivity index (χ4n) is 3.97. The highest BCUT2D eigenvalue weighted by Gasteiger charge is 2.52. The van der Waals surface area contributed by atoms with Crippen molar-refractivity contribution in [2.75, 3.05) is 7.11 Å². The first kappa shape index (κ1) is 19.2. The first-order valence-corrected chi connectivity index (χ1v) is 9.23. The van der Waals surface area contributed by atoms with Crippen molar-refractivity contribution in [2.45, 2.75) is 90.9 Å². The van der Waals surface area contributed by atoms with E-state index >= 15 is 0 Å². The normalized spacial score (nSPS) is 20.3. The van der Waals surface area contributed by atoms with Crippen molar-refractivity contribution < 1.29 is 14.3 Å². The van der Waals surface area contributed by atoms with Gasteiger partial charge < -0.3 is 4.74 Å². The molecule has 0 aliphatic heterocycles. The molecule has 0 saturated heterocycles. The molecule has 1 unspecified atom stereocenters. The van der Waals surface area contributed by atoms with E-state index in [1.807, 2.05) is 0 Å². The molecule has 1 saturated carbocycles. The van der Waals surface area contributed by atoms with Crippen LogP contribution in [0.2, 0.25) is 0 Å². The number of methoxy groups -OCH3 is 1. The van der Waals surface area contributed by atoms with Crippen LogP contribution in [0.25, 0.3) is 0 Å². The lowest BCUT2D eigenvalue weighted by molar-refractivity contribution is -0.152. The van der Waals surface area contributed by atoms with Crippen LogP contribution in [0.1, 0.15) is 90.9 Å².